The molecule has 1 aromatic rings. The highest BCUT2D eigenvalue weighted by atomic mass is 16.1. The smallest absolute Gasteiger partial charge is 0.169 e. The summed E-state index contributed by atoms with van der Waals surface area (Å²) in [6.07, 6.45) is 0.760. The van der Waals surface area contributed by atoms with Gasteiger partial charge in [-0.05, 0) is 38.3 Å². The van der Waals surface area contributed by atoms with Gasteiger partial charge in [0.2, 0.25) is 0 Å². The molecule has 0 aliphatic carbocycles. The molecule has 20 heavy (non-hydrogen) atoms. The van der Waals surface area contributed by atoms with Crippen molar-refractivity contribution >= 4 is 11.6 Å². The van der Waals surface area contributed by atoms with E-state index < -0.39 is 5.41 Å². The third-order valence-electron chi connectivity index (χ3n) is 3.70. The van der Waals surface area contributed by atoms with Crippen LogP contribution < -0.4 is 0 Å². The Balaban J connectivity index is 0.00000172. The van der Waals surface area contributed by atoms with Gasteiger partial charge < -0.3 is 0 Å². The molecule has 0 heterocycles. The highest BCUT2D eigenvalue weighted by Gasteiger charge is 2.30. The molecule has 0 aliphatic rings. The Hall–Kier alpha value is -1.44. The van der Waals surface area contributed by atoms with Gasteiger partial charge in [0.25, 0.3) is 0 Å². The van der Waals surface area contributed by atoms with Crippen molar-refractivity contribution < 1.29 is 9.59 Å². The first-order valence-corrected chi connectivity index (χ1v) is 7.38. The third-order valence-corrected chi connectivity index (χ3v) is 3.70. The SMILES string of the molecule is CC.CCC(C)(C)C(=O)c1c(C)ccc(C)c1C(C)=O. The number of aryl methyl sites for hydroxylation is 2. The van der Waals surface area contributed by atoms with E-state index in [0.717, 1.165) is 17.5 Å². The Labute approximate surface area is 123 Å². The molecule has 0 fully saturated rings. The van der Waals surface area contributed by atoms with Crippen LogP contribution in [0.15, 0.2) is 12.1 Å². The van der Waals surface area contributed by atoms with Gasteiger partial charge >= 0.3 is 0 Å². The van der Waals surface area contributed by atoms with E-state index in [-0.39, 0.29) is 11.6 Å². The molecule has 0 bridgehead atoms. The molecule has 0 aromatic heterocycles. The zero-order valence-corrected chi connectivity index (χ0v) is 14.2. The van der Waals surface area contributed by atoms with E-state index in [2.05, 4.69) is 0 Å². The van der Waals surface area contributed by atoms with Gasteiger partial charge in [0.1, 0.15) is 0 Å². The molecule has 0 atom stereocenters. The number of Topliss-reactive ketones (excluding diaryl/α,β-unsaturated/α-hetero) is 2. The minimum Gasteiger partial charge on any atom is -0.294 e. The Kier molecular flexibility index (Phi) is 6.84. The van der Waals surface area contributed by atoms with E-state index in [1.807, 2.05) is 60.6 Å². The number of carbonyl (C=O) groups is 2. The summed E-state index contributed by atoms with van der Waals surface area (Å²) >= 11 is 0. The van der Waals surface area contributed by atoms with Crippen LogP contribution in [0.3, 0.4) is 0 Å². The monoisotopic (exact) mass is 276 g/mol. The first-order valence-electron chi connectivity index (χ1n) is 7.38. The first kappa shape index (κ1) is 18.6. The third kappa shape index (κ3) is 3.78. The molecular formula is C18H28O2. The number of carbonyl (C=O) groups excluding carboxylic acids is 2. The largest absolute Gasteiger partial charge is 0.294 e. The lowest BCUT2D eigenvalue weighted by Gasteiger charge is -2.24. The molecule has 1 aromatic carbocycles. The molecule has 2 nitrogen and oxygen atoms in total. The molecule has 0 unspecified atom stereocenters. The summed E-state index contributed by atoms with van der Waals surface area (Å²) < 4.78 is 0. The normalized spacial score (nSPS) is 10.6. The van der Waals surface area contributed by atoms with Gasteiger partial charge in [-0.1, -0.05) is 46.8 Å². The fraction of sp³-hybridized carbons (Fsp3) is 0.556. The zero-order chi connectivity index (χ0) is 16.1. The Bertz CT molecular complexity index is 496. The highest BCUT2D eigenvalue weighted by molar-refractivity contribution is 6.11. The number of rotatable bonds is 4. The van der Waals surface area contributed by atoms with Gasteiger partial charge in [-0.2, -0.15) is 0 Å². The molecule has 0 spiro atoms. The fourth-order valence-electron chi connectivity index (χ4n) is 2.06. The number of hydrogen-bond donors (Lipinski definition) is 0. The average molecular weight is 276 g/mol. The summed E-state index contributed by atoms with van der Waals surface area (Å²) in [6, 6.07) is 3.82. The Morgan fingerprint density at radius 1 is 1.00 bits per heavy atom. The van der Waals surface area contributed by atoms with Crippen LogP contribution in [0.1, 0.15) is 79.8 Å². The van der Waals surface area contributed by atoms with Crippen molar-refractivity contribution in [2.45, 2.75) is 61.8 Å². The van der Waals surface area contributed by atoms with E-state index in [1.165, 1.54) is 6.92 Å². The van der Waals surface area contributed by atoms with Crippen molar-refractivity contribution in [3.63, 3.8) is 0 Å². The van der Waals surface area contributed by atoms with Gasteiger partial charge in [0.15, 0.2) is 11.6 Å². The van der Waals surface area contributed by atoms with Crippen molar-refractivity contribution in [1.82, 2.24) is 0 Å². The summed E-state index contributed by atoms with van der Waals surface area (Å²) in [5.41, 5.74) is 2.53. The lowest BCUT2D eigenvalue weighted by Crippen LogP contribution is -2.26. The van der Waals surface area contributed by atoms with Crippen LogP contribution >= 0.6 is 0 Å². The van der Waals surface area contributed by atoms with Crippen molar-refractivity contribution in [3.8, 4) is 0 Å². The van der Waals surface area contributed by atoms with E-state index >= 15 is 0 Å². The lowest BCUT2D eigenvalue weighted by molar-refractivity contribution is 0.0826. The van der Waals surface area contributed by atoms with Gasteiger partial charge in [-0.3, -0.25) is 9.59 Å². The summed E-state index contributed by atoms with van der Waals surface area (Å²) in [6.45, 7) is 15.2. The fourth-order valence-corrected chi connectivity index (χ4v) is 2.06. The second-order valence-corrected chi connectivity index (χ2v) is 5.57. The minimum absolute atomic E-state index is 0.0357. The number of hydrogen-bond acceptors (Lipinski definition) is 2. The van der Waals surface area contributed by atoms with Crippen LogP contribution in [0, 0.1) is 19.3 Å². The van der Waals surface area contributed by atoms with Crippen LogP contribution in [0.5, 0.6) is 0 Å². The lowest BCUT2D eigenvalue weighted by atomic mass is 9.78. The summed E-state index contributed by atoms with van der Waals surface area (Å²) in [4.78, 5) is 24.5. The first-order chi connectivity index (χ1) is 9.22. The van der Waals surface area contributed by atoms with Gasteiger partial charge in [0, 0.05) is 16.5 Å². The minimum atomic E-state index is -0.428. The van der Waals surface area contributed by atoms with Crippen molar-refractivity contribution in [2.75, 3.05) is 0 Å². The maximum Gasteiger partial charge on any atom is 0.169 e. The molecule has 1 rings (SSSR count). The summed E-state index contributed by atoms with van der Waals surface area (Å²) in [5, 5.41) is 0. The van der Waals surface area contributed by atoms with Crippen LogP contribution in [0.4, 0.5) is 0 Å². The molecular weight excluding hydrogens is 248 g/mol. The Morgan fingerprint density at radius 3 is 1.75 bits per heavy atom. The molecule has 2 heteroatoms. The summed E-state index contributed by atoms with van der Waals surface area (Å²) in [5.74, 6) is 0.0304. The quantitative estimate of drug-likeness (QED) is 0.712. The van der Waals surface area contributed by atoms with E-state index in [4.69, 9.17) is 0 Å². The number of ketones is 2. The molecule has 0 N–H and O–H groups in total. The van der Waals surface area contributed by atoms with Crippen LogP contribution in [0.25, 0.3) is 0 Å². The predicted molar refractivity (Wildman–Crippen MR) is 85.7 cm³/mol. The van der Waals surface area contributed by atoms with Gasteiger partial charge in [-0.15, -0.1) is 0 Å². The molecule has 0 amide bonds. The average Bonchev–Trinajstić information content (AvgIpc) is 2.42. The van der Waals surface area contributed by atoms with Crippen LogP contribution in [-0.4, -0.2) is 11.6 Å². The van der Waals surface area contributed by atoms with Crippen molar-refractivity contribution in [3.05, 3.63) is 34.4 Å². The summed E-state index contributed by atoms with van der Waals surface area (Å²) in [7, 11) is 0. The van der Waals surface area contributed by atoms with Gasteiger partial charge in [0.05, 0.1) is 0 Å². The van der Waals surface area contributed by atoms with Crippen LogP contribution in [0.2, 0.25) is 0 Å². The molecule has 0 radical (unpaired) electrons. The predicted octanol–water partition coefficient (Wildman–Crippen LogP) is 5.15. The van der Waals surface area contributed by atoms with Crippen molar-refractivity contribution in [2.24, 2.45) is 5.41 Å². The standard InChI is InChI=1S/C16H22O2.C2H6/c1-7-16(5,6)15(18)14-11(3)9-8-10(2)13(14)12(4)17;1-2/h8-9H,7H2,1-6H3;1-2H3. The maximum atomic E-state index is 12.6. The maximum absolute atomic E-state index is 12.6. The van der Waals surface area contributed by atoms with Crippen LogP contribution in [-0.2, 0) is 0 Å². The topological polar surface area (TPSA) is 34.1 Å². The Morgan fingerprint density at radius 2 is 1.40 bits per heavy atom. The second-order valence-electron chi connectivity index (χ2n) is 5.57. The molecule has 0 saturated heterocycles. The zero-order valence-electron chi connectivity index (χ0n) is 14.2. The van der Waals surface area contributed by atoms with E-state index in [1.54, 1.807) is 0 Å². The van der Waals surface area contributed by atoms with Crippen molar-refractivity contribution in [1.29, 1.82) is 0 Å². The van der Waals surface area contributed by atoms with Gasteiger partial charge in [-0.25, -0.2) is 0 Å². The highest BCUT2D eigenvalue weighted by Crippen LogP contribution is 2.30. The molecule has 0 aliphatic heterocycles. The molecule has 112 valence electrons. The van der Waals surface area contributed by atoms with E-state index in [0.29, 0.717) is 11.1 Å². The number of benzene rings is 1. The molecule has 0 saturated carbocycles. The second kappa shape index (κ2) is 7.37. The van der Waals surface area contributed by atoms with E-state index in [9.17, 15) is 9.59 Å².